The number of aliphatic carboxylic acids is 1. The van der Waals surface area contributed by atoms with Crippen molar-refractivity contribution in [3.05, 3.63) is 0 Å². The van der Waals surface area contributed by atoms with Gasteiger partial charge in [0.1, 0.15) is 30.5 Å². The number of rotatable bonds is 47. The zero-order chi connectivity index (χ0) is 53.0. The number of esters is 2. The summed E-state index contributed by atoms with van der Waals surface area (Å²) in [5, 5.41) is 19.7. The van der Waals surface area contributed by atoms with Crippen LogP contribution in [0.3, 0.4) is 0 Å². The molecule has 0 saturated carbocycles. The molecule has 0 aromatic heterocycles. The lowest BCUT2D eigenvalue weighted by Crippen LogP contribution is -2.44. The topological polar surface area (TPSA) is 246 Å². The maximum absolute atomic E-state index is 12.9. The second-order valence-corrected chi connectivity index (χ2v) is 20.1. The lowest BCUT2D eigenvalue weighted by atomic mass is 10.0. The van der Waals surface area contributed by atoms with Gasteiger partial charge in [-0.15, -0.1) is 0 Å². The summed E-state index contributed by atoms with van der Waals surface area (Å²) in [6.45, 7) is 14.6. The molecule has 0 heterocycles. The van der Waals surface area contributed by atoms with Crippen LogP contribution in [0.15, 0.2) is 0 Å². The van der Waals surface area contributed by atoms with Gasteiger partial charge in [0.25, 0.3) is 0 Å². The standard InChI is InChI=1S/C52H97N5O14/c1-51(2,3)70-49(64)27-23-19-17-15-13-11-9-8-10-12-14-16-18-21-25-45(59)56-43(50(65)71-52(4,5)6)28-29-44(58)54-31-35-66-37-40-69-42-47(61)55-32-36-67-38-39-68-41-46(60)53-30-34-57(7)33-24-20-22-26-48(62)63/h43H,8-42H2,1-7H3,(H,53,60)(H,54,58)(H,55,61)(H,56,59)(H,62,63). The van der Waals surface area contributed by atoms with Gasteiger partial charge in [0.2, 0.25) is 23.6 Å². The van der Waals surface area contributed by atoms with E-state index in [9.17, 15) is 33.6 Å². The second kappa shape index (κ2) is 43.7. The minimum atomic E-state index is -0.937. The van der Waals surface area contributed by atoms with Crippen LogP contribution in [0.25, 0.3) is 0 Å². The van der Waals surface area contributed by atoms with E-state index in [1.54, 1.807) is 20.8 Å². The van der Waals surface area contributed by atoms with Gasteiger partial charge in [0.15, 0.2) is 0 Å². The molecule has 0 fully saturated rings. The molecule has 1 atom stereocenters. The molecule has 19 heteroatoms. The summed E-state index contributed by atoms with van der Waals surface area (Å²) in [6, 6.07) is -0.937. The maximum Gasteiger partial charge on any atom is 0.329 e. The van der Waals surface area contributed by atoms with Crippen molar-refractivity contribution in [3.8, 4) is 0 Å². The summed E-state index contributed by atoms with van der Waals surface area (Å²) in [5.74, 6) is -2.50. The zero-order valence-electron chi connectivity index (χ0n) is 45.0. The minimum absolute atomic E-state index is 0.0129. The number of carbonyl (C=O) groups excluding carboxylic acids is 6. The molecular formula is C52H97N5O14. The Bertz CT molecular complexity index is 1440. The number of hydrogen-bond donors (Lipinski definition) is 5. The van der Waals surface area contributed by atoms with E-state index in [0.29, 0.717) is 32.4 Å². The van der Waals surface area contributed by atoms with Crippen molar-refractivity contribution in [1.82, 2.24) is 26.2 Å². The number of likely N-dealkylation sites (N-methyl/N-ethyl adjacent to an activating group) is 1. The number of carboxylic acid groups (broad SMARTS) is 1. The molecule has 1 unspecified atom stereocenters. The van der Waals surface area contributed by atoms with Crippen LogP contribution in [0.4, 0.5) is 0 Å². The van der Waals surface area contributed by atoms with Crippen LogP contribution in [0.5, 0.6) is 0 Å². The molecule has 0 aliphatic rings. The highest BCUT2D eigenvalue weighted by Gasteiger charge is 2.27. The van der Waals surface area contributed by atoms with E-state index in [2.05, 4.69) is 26.2 Å². The van der Waals surface area contributed by atoms with Crippen molar-refractivity contribution >= 4 is 41.5 Å². The molecular weight excluding hydrogens is 919 g/mol. The average molecular weight is 1020 g/mol. The molecule has 414 valence electrons. The molecule has 0 aromatic carbocycles. The van der Waals surface area contributed by atoms with Gasteiger partial charge in [0.05, 0.1) is 39.6 Å². The van der Waals surface area contributed by atoms with E-state index in [-0.39, 0.29) is 115 Å². The summed E-state index contributed by atoms with van der Waals surface area (Å²) in [6.07, 6.45) is 19.2. The second-order valence-electron chi connectivity index (χ2n) is 20.1. The molecule has 0 radical (unpaired) electrons. The molecule has 0 aromatic rings. The Labute approximate surface area is 426 Å². The highest BCUT2D eigenvalue weighted by Crippen LogP contribution is 2.16. The van der Waals surface area contributed by atoms with Gasteiger partial charge < -0.3 is 59.7 Å². The van der Waals surface area contributed by atoms with E-state index in [1.807, 2.05) is 27.8 Å². The molecule has 71 heavy (non-hydrogen) atoms. The third-order valence-corrected chi connectivity index (χ3v) is 10.7. The number of ether oxygens (including phenoxy) is 6. The SMILES string of the molecule is CN(CCCCCC(=O)O)CCNC(=O)COCCOCCNC(=O)COCCOCCNC(=O)CCC(NC(=O)CCCCCCCCCCCCCCCCC(=O)OC(C)(C)C)C(=O)OC(C)(C)C. The third-order valence-electron chi connectivity index (χ3n) is 10.7. The lowest BCUT2D eigenvalue weighted by Gasteiger charge is -2.24. The molecule has 5 N–H and O–H groups in total. The highest BCUT2D eigenvalue weighted by atomic mass is 16.6. The Morgan fingerprint density at radius 3 is 1.37 bits per heavy atom. The fourth-order valence-corrected chi connectivity index (χ4v) is 7.05. The number of carbonyl (C=O) groups is 7. The highest BCUT2D eigenvalue weighted by molar-refractivity contribution is 5.85. The molecule has 0 saturated heterocycles. The Morgan fingerprint density at radius 1 is 0.451 bits per heavy atom. The van der Waals surface area contributed by atoms with Crippen molar-refractivity contribution in [2.75, 3.05) is 92.6 Å². The van der Waals surface area contributed by atoms with Crippen molar-refractivity contribution in [1.29, 1.82) is 0 Å². The van der Waals surface area contributed by atoms with Gasteiger partial charge in [-0.1, -0.05) is 83.5 Å². The van der Waals surface area contributed by atoms with Crippen LogP contribution < -0.4 is 21.3 Å². The van der Waals surface area contributed by atoms with Gasteiger partial charge in [-0.3, -0.25) is 28.8 Å². The Morgan fingerprint density at radius 2 is 0.873 bits per heavy atom. The monoisotopic (exact) mass is 1020 g/mol. The molecule has 0 aliphatic carbocycles. The first-order valence-electron chi connectivity index (χ1n) is 26.5. The molecule has 4 amide bonds. The number of amides is 4. The normalized spacial score (nSPS) is 12.1. The smallest absolute Gasteiger partial charge is 0.329 e. The third kappa shape index (κ3) is 49.5. The van der Waals surface area contributed by atoms with Crippen LogP contribution in [0.2, 0.25) is 0 Å². The fraction of sp³-hybridized carbons (Fsp3) is 0.865. The quantitative estimate of drug-likeness (QED) is 0.0338. The summed E-state index contributed by atoms with van der Waals surface area (Å²) in [5.41, 5.74) is -1.16. The lowest BCUT2D eigenvalue weighted by molar-refractivity contribution is -0.159. The first-order valence-corrected chi connectivity index (χ1v) is 26.5. The van der Waals surface area contributed by atoms with Crippen LogP contribution in [-0.4, -0.2) is 161 Å². The average Bonchev–Trinajstić information content (AvgIpc) is 3.27. The number of nitrogens with zero attached hydrogens (tertiary/aromatic N) is 1. The van der Waals surface area contributed by atoms with Gasteiger partial charge in [-0.2, -0.15) is 0 Å². The minimum Gasteiger partial charge on any atom is -0.481 e. The number of unbranched alkanes of at least 4 members (excludes halogenated alkanes) is 15. The van der Waals surface area contributed by atoms with Gasteiger partial charge in [-0.25, -0.2) is 4.79 Å². The molecule has 0 bridgehead atoms. The van der Waals surface area contributed by atoms with Gasteiger partial charge in [0, 0.05) is 51.9 Å². The van der Waals surface area contributed by atoms with Crippen molar-refractivity contribution in [3.63, 3.8) is 0 Å². The summed E-state index contributed by atoms with van der Waals surface area (Å²) < 4.78 is 32.5. The predicted molar refractivity (Wildman–Crippen MR) is 273 cm³/mol. The zero-order valence-corrected chi connectivity index (χ0v) is 45.0. The predicted octanol–water partition coefficient (Wildman–Crippen LogP) is 6.17. The number of carboxylic acids is 1. The van der Waals surface area contributed by atoms with Gasteiger partial charge >= 0.3 is 17.9 Å². The van der Waals surface area contributed by atoms with E-state index in [1.165, 1.54) is 51.4 Å². The fourth-order valence-electron chi connectivity index (χ4n) is 7.05. The summed E-state index contributed by atoms with van der Waals surface area (Å²) >= 11 is 0. The Kier molecular flexibility index (Phi) is 41.2. The number of nitrogens with one attached hydrogen (secondary N) is 4. The molecule has 19 nitrogen and oxygen atoms in total. The van der Waals surface area contributed by atoms with E-state index in [0.717, 1.165) is 57.9 Å². The van der Waals surface area contributed by atoms with Crippen molar-refractivity contribution in [2.45, 2.75) is 200 Å². The first-order chi connectivity index (χ1) is 33.8. The number of hydrogen-bond acceptors (Lipinski definition) is 14. The maximum atomic E-state index is 12.9. The van der Waals surface area contributed by atoms with Crippen LogP contribution in [0, 0.1) is 0 Å². The molecule has 0 rings (SSSR count). The van der Waals surface area contributed by atoms with Crippen molar-refractivity contribution < 1.29 is 67.1 Å². The van der Waals surface area contributed by atoms with E-state index >= 15 is 0 Å². The molecule has 0 aliphatic heterocycles. The van der Waals surface area contributed by atoms with Crippen LogP contribution in [-0.2, 0) is 62.0 Å². The Balaban J connectivity index is 3.93. The largest absolute Gasteiger partial charge is 0.481 e. The Hall–Kier alpha value is -3.91. The summed E-state index contributed by atoms with van der Waals surface area (Å²) in [4.78, 5) is 86.7. The van der Waals surface area contributed by atoms with Crippen LogP contribution >= 0.6 is 0 Å². The van der Waals surface area contributed by atoms with Crippen LogP contribution in [0.1, 0.15) is 183 Å². The van der Waals surface area contributed by atoms with E-state index < -0.39 is 29.2 Å². The van der Waals surface area contributed by atoms with Gasteiger partial charge in [-0.05, 0) is 87.2 Å². The first kappa shape index (κ1) is 67.1. The molecule has 0 spiro atoms. The summed E-state index contributed by atoms with van der Waals surface area (Å²) in [7, 11) is 1.95. The van der Waals surface area contributed by atoms with E-state index in [4.69, 9.17) is 33.5 Å². The van der Waals surface area contributed by atoms with Crippen molar-refractivity contribution in [2.24, 2.45) is 0 Å².